The predicted octanol–water partition coefficient (Wildman–Crippen LogP) is 2.70. The first kappa shape index (κ1) is 8.73. The van der Waals surface area contributed by atoms with Crippen molar-refractivity contribution in [2.24, 2.45) is 0 Å². The lowest BCUT2D eigenvalue weighted by Gasteiger charge is -2.06. The molecule has 0 saturated heterocycles. The number of terminal acetylenes is 1. The van der Waals surface area contributed by atoms with Gasteiger partial charge in [-0.05, 0) is 19.1 Å². The molecule has 0 bridgehead atoms. The average molecular weight is 166 g/mol. The summed E-state index contributed by atoms with van der Waals surface area (Å²) in [6, 6.07) is 3.72. The molecule has 0 aliphatic heterocycles. The van der Waals surface area contributed by atoms with Gasteiger partial charge in [-0.25, -0.2) is 8.78 Å². The number of benzene rings is 1. The minimum absolute atomic E-state index is 0.0278. The summed E-state index contributed by atoms with van der Waals surface area (Å²) < 4.78 is 25.9. The smallest absolute Gasteiger partial charge is 0.130 e. The van der Waals surface area contributed by atoms with Crippen LogP contribution in [0.15, 0.2) is 18.2 Å². The van der Waals surface area contributed by atoms with Crippen LogP contribution in [-0.2, 0) is 0 Å². The lowest BCUT2D eigenvalue weighted by atomic mass is 10.0. The topological polar surface area (TPSA) is 0 Å². The maximum Gasteiger partial charge on any atom is 0.130 e. The zero-order valence-electron chi connectivity index (χ0n) is 6.64. The molecule has 0 spiro atoms. The van der Waals surface area contributed by atoms with Gasteiger partial charge in [0.2, 0.25) is 0 Å². The molecule has 0 heterocycles. The highest BCUT2D eigenvalue weighted by Crippen LogP contribution is 2.20. The molecule has 1 rings (SSSR count). The molecule has 0 radical (unpaired) electrons. The first-order valence-electron chi connectivity index (χ1n) is 3.57. The quantitative estimate of drug-likeness (QED) is 0.563. The van der Waals surface area contributed by atoms with E-state index < -0.39 is 17.6 Å². The fourth-order valence-corrected chi connectivity index (χ4v) is 1.01. The first-order valence-corrected chi connectivity index (χ1v) is 3.57. The Kier molecular flexibility index (Phi) is 2.44. The number of halogens is 2. The molecule has 0 aliphatic carbocycles. The van der Waals surface area contributed by atoms with Crippen LogP contribution in [0.4, 0.5) is 8.78 Å². The summed E-state index contributed by atoms with van der Waals surface area (Å²) in [5, 5.41) is 0. The molecule has 0 fully saturated rings. The number of hydrogen-bond acceptors (Lipinski definition) is 0. The lowest BCUT2D eigenvalue weighted by Crippen LogP contribution is -1.98. The van der Waals surface area contributed by atoms with Crippen molar-refractivity contribution >= 4 is 0 Å². The highest BCUT2D eigenvalue weighted by atomic mass is 19.1. The highest BCUT2D eigenvalue weighted by molar-refractivity contribution is 5.28. The van der Waals surface area contributed by atoms with E-state index in [9.17, 15) is 8.78 Å². The fourth-order valence-electron chi connectivity index (χ4n) is 1.01. The second-order valence-corrected chi connectivity index (χ2v) is 2.52. The first-order chi connectivity index (χ1) is 5.66. The van der Waals surface area contributed by atoms with Gasteiger partial charge in [-0.2, -0.15) is 0 Å². The van der Waals surface area contributed by atoms with Gasteiger partial charge >= 0.3 is 0 Å². The summed E-state index contributed by atoms with van der Waals surface area (Å²) in [4.78, 5) is 0. The van der Waals surface area contributed by atoms with Crippen LogP contribution in [0.1, 0.15) is 18.4 Å². The molecule has 62 valence electrons. The third kappa shape index (κ3) is 1.45. The van der Waals surface area contributed by atoms with E-state index in [-0.39, 0.29) is 5.56 Å². The Morgan fingerprint density at radius 3 is 2.25 bits per heavy atom. The second kappa shape index (κ2) is 3.36. The summed E-state index contributed by atoms with van der Waals surface area (Å²) in [5.74, 6) is 0.595. The minimum Gasteiger partial charge on any atom is -0.207 e. The van der Waals surface area contributed by atoms with Crippen LogP contribution in [-0.4, -0.2) is 0 Å². The SMILES string of the molecule is C#CC(C)c1c(F)cccc1F. The van der Waals surface area contributed by atoms with E-state index in [0.717, 1.165) is 0 Å². The molecule has 2 heteroatoms. The van der Waals surface area contributed by atoms with Crippen molar-refractivity contribution in [1.82, 2.24) is 0 Å². The van der Waals surface area contributed by atoms with Crippen LogP contribution in [0.5, 0.6) is 0 Å². The molecular weight excluding hydrogens is 158 g/mol. The van der Waals surface area contributed by atoms with E-state index in [1.165, 1.54) is 18.2 Å². The standard InChI is InChI=1S/C10H8F2/c1-3-7(2)10-8(11)5-4-6-9(10)12/h1,4-7H,2H3. The molecule has 1 aromatic carbocycles. The average Bonchev–Trinajstić information content (AvgIpc) is 2.03. The highest BCUT2D eigenvalue weighted by Gasteiger charge is 2.12. The van der Waals surface area contributed by atoms with Crippen LogP contribution in [0, 0.1) is 24.0 Å². The Hall–Kier alpha value is -1.36. The van der Waals surface area contributed by atoms with Crippen molar-refractivity contribution in [2.75, 3.05) is 0 Å². The van der Waals surface area contributed by atoms with Gasteiger partial charge in [0.15, 0.2) is 0 Å². The van der Waals surface area contributed by atoms with Gasteiger partial charge in [-0.1, -0.05) is 12.0 Å². The summed E-state index contributed by atoms with van der Waals surface area (Å²) >= 11 is 0. The van der Waals surface area contributed by atoms with Gasteiger partial charge in [0, 0.05) is 11.5 Å². The third-order valence-corrected chi connectivity index (χ3v) is 1.68. The van der Waals surface area contributed by atoms with Gasteiger partial charge in [0.25, 0.3) is 0 Å². The third-order valence-electron chi connectivity index (χ3n) is 1.68. The van der Waals surface area contributed by atoms with Crippen molar-refractivity contribution in [1.29, 1.82) is 0 Å². The zero-order chi connectivity index (χ0) is 9.14. The van der Waals surface area contributed by atoms with Crippen molar-refractivity contribution in [3.05, 3.63) is 35.4 Å². The van der Waals surface area contributed by atoms with Gasteiger partial charge in [0.05, 0.1) is 0 Å². The maximum absolute atomic E-state index is 13.0. The maximum atomic E-state index is 13.0. The molecule has 12 heavy (non-hydrogen) atoms. The fraction of sp³-hybridized carbons (Fsp3) is 0.200. The van der Waals surface area contributed by atoms with E-state index in [4.69, 9.17) is 6.42 Å². The summed E-state index contributed by atoms with van der Waals surface area (Å²) in [6.07, 6.45) is 5.06. The largest absolute Gasteiger partial charge is 0.207 e. The normalized spacial score (nSPS) is 12.2. The summed E-state index contributed by atoms with van der Waals surface area (Å²) in [6.45, 7) is 1.58. The monoisotopic (exact) mass is 166 g/mol. The molecule has 0 aromatic heterocycles. The van der Waals surface area contributed by atoms with E-state index in [1.54, 1.807) is 6.92 Å². The molecular formula is C10H8F2. The predicted molar refractivity (Wildman–Crippen MR) is 43.6 cm³/mol. The Balaban J connectivity index is 3.23. The summed E-state index contributed by atoms with van der Waals surface area (Å²) in [5.41, 5.74) is -0.0278. The van der Waals surface area contributed by atoms with E-state index in [0.29, 0.717) is 0 Å². The molecule has 0 nitrogen and oxygen atoms in total. The van der Waals surface area contributed by atoms with Gasteiger partial charge < -0.3 is 0 Å². The van der Waals surface area contributed by atoms with E-state index in [2.05, 4.69) is 5.92 Å². The molecule has 0 aliphatic rings. The molecule has 0 amide bonds. The summed E-state index contributed by atoms with van der Waals surface area (Å²) in [7, 11) is 0. The van der Waals surface area contributed by atoms with Crippen molar-refractivity contribution in [2.45, 2.75) is 12.8 Å². The molecule has 1 atom stereocenters. The van der Waals surface area contributed by atoms with Gasteiger partial charge in [-0.15, -0.1) is 6.42 Å². The Morgan fingerprint density at radius 1 is 1.33 bits per heavy atom. The van der Waals surface area contributed by atoms with E-state index >= 15 is 0 Å². The second-order valence-electron chi connectivity index (χ2n) is 2.52. The van der Waals surface area contributed by atoms with Crippen LogP contribution in [0.2, 0.25) is 0 Å². The number of rotatable bonds is 1. The Labute approximate surface area is 70.2 Å². The van der Waals surface area contributed by atoms with Crippen LogP contribution < -0.4 is 0 Å². The lowest BCUT2D eigenvalue weighted by molar-refractivity contribution is 0.552. The van der Waals surface area contributed by atoms with Crippen LogP contribution >= 0.6 is 0 Å². The zero-order valence-corrected chi connectivity index (χ0v) is 6.64. The van der Waals surface area contributed by atoms with Gasteiger partial charge in [0.1, 0.15) is 11.6 Å². The van der Waals surface area contributed by atoms with Crippen LogP contribution in [0.25, 0.3) is 0 Å². The number of hydrogen-bond donors (Lipinski definition) is 0. The molecule has 0 saturated carbocycles. The van der Waals surface area contributed by atoms with Crippen LogP contribution in [0.3, 0.4) is 0 Å². The minimum atomic E-state index is -0.583. The van der Waals surface area contributed by atoms with Crippen molar-refractivity contribution < 1.29 is 8.78 Å². The van der Waals surface area contributed by atoms with Crippen molar-refractivity contribution in [3.8, 4) is 12.3 Å². The Bertz CT molecular complexity index is 303. The van der Waals surface area contributed by atoms with Gasteiger partial charge in [-0.3, -0.25) is 0 Å². The molecule has 0 N–H and O–H groups in total. The molecule has 1 unspecified atom stereocenters. The van der Waals surface area contributed by atoms with Crippen molar-refractivity contribution in [3.63, 3.8) is 0 Å². The van der Waals surface area contributed by atoms with E-state index in [1.807, 2.05) is 0 Å². The Morgan fingerprint density at radius 2 is 1.83 bits per heavy atom. The molecule has 1 aromatic rings.